The summed E-state index contributed by atoms with van der Waals surface area (Å²) in [6.45, 7) is 1.93. The van der Waals surface area contributed by atoms with Gasteiger partial charge in [0.05, 0.1) is 17.9 Å². The molecule has 2 amide bonds. The molecular formula is C21H16Cl2N2O3S. The molecule has 0 aromatic heterocycles. The highest BCUT2D eigenvalue weighted by Crippen LogP contribution is 2.39. The average Bonchev–Trinajstić information content (AvgIpc) is 2.69. The maximum absolute atomic E-state index is 13.4. The van der Waals surface area contributed by atoms with E-state index in [9.17, 15) is 13.2 Å². The van der Waals surface area contributed by atoms with Crippen molar-refractivity contribution in [2.24, 2.45) is 0 Å². The van der Waals surface area contributed by atoms with Crippen LogP contribution in [0, 0.1) is 6.92 Å². The van der Waals surface area contributed by atoms with Gasteiger partial charge in [0, 0.05) is 10.0 Å². The molecule has 29 heavy (non-hydrogen) atoms. The fraction of sp³-hybridized carbons (Fsp3) is 0.0952. The Balaban J connectivity index is 1.89. The van der Waals surface area contributed by atoms with E-state index in [0.717, 1.165) is 9.87 Å². The molecule has 1 heterocycles. The van der Waals surface area contributed by atoms with Crippen molar-refractivity contribution in [2.45, 2.75) is 18.4 Å². The van der Waals surface area contributed by atoms with Gasteiger partial charge in [0.2, 0.25) is 0 Å². The van der Waals surface area contributed by atoms with Gasteiger partial charge >= 0.3 is 6.03 Å². The quantitative estimate of drug-likeness (QED) is 0.522. The number of fused-ring (bicyclic) bond motifs is 1. The van der Waals surface area contributed by atoms with E-state index in [1.165, 1.54) is 17.0 Å². The third-order valence-corrected chi connectivity index (χ3v) is 7.28. The summed E-state index contributed by atoms with van der Waals surface area (Å²) in [5.41, 5.74) is 1.99. The van der Waals surface area contributed by atoms with Crippen LogP contribution in [-0.4, -0.2) is 14.4 Å². The molecule has 8 heteroatoms. The molecular weight excluding hydrogens is 431 g/mol. The van der Waals surface area contributed by atoms with Crippen LogP contribution in [0.4, 0.5) is 16.2 Å². The average molecular weight is 447 g/mol. The largest absolute Gasteiger partial charge is 0.343 e. The van der Waals surface area contributed by atoms with E-state index in [2.05, 4.69) is 0 Å². The summed E-state index contributed by atoms with van der Waals surface area (Å²) in [4.78, 5) is 14.9. The van der Waals surface area contributed by atoms with Crippen LogP contribution in [-0.2, 0) is 16.6 Å². The molecule has 0 radical (unpaired) electrons. The molecule has 0 unspecified atom stereocenters. The number of benzene rings is 3. The van der Waals surface area contributed by atoms with Crippen LogP contribution >= 0.6 is 23.2 Å². The zero-order valence-corrected chi connectivity index (χ0v) is 17.7. The molecule has 0 aliphatic carbocycles. The molecule has 1 aliphatic heterocycles. The van der Waals surface area contributed by atoms with Gasteiger partial charge in [-0.2, -0.15) is 4.31 Å². The molecule has 0 saturated carbocycles. The first-order valence-electron chi connectivity index (χ1n) is 8.76. The van der Waals surface area contributed by atoms with Gasteiger partial charge in [0.15, 0.2) is 0 Å². The van der Waals surface area contributed by atoms with Gasteiger partial charge in [0.25, 0.3) is 10.0 Å². The number of carbonyl (C=O) groups excluding carboxylic acids is 1. The predicted octanol–water partition coefficient (Wildman–Crippen LogP) is 5.64. The number of hydrogen-bond donors (Lipinski definition) is 0. The Hall–Kier alpha value is -2.54. The number of aryl methyl sites for hydroxylation is 1. The van der Waals surface area contributed by atoms with Crippen molar-refractivity contribution in [3.05, 3.63) is 87.9 Å². The minimum Gasteiger partial charge on any atom is -0.287 e. The Bertz CT molecular complexity index is 1230. The third kappa shape index (κ3) is 3.37. The highest BCUT2D eigenvalue weighted by atomic mass is 35.5. The van der Waals surface area contributed by atoms with Crippen LogP contribution in [0.2, 0.25) is 10.0 Å². The second-order valence-electron chi connectivity index (χ2n) is 6.63. The smallest absolute Gasteiger partial charge is 0.287 e. The van der Waals surface area contributed by atoms with Gasteiger partial charge in [-0.3, -0.25) is 4.90 Å². The van der Waals surface area contributed by atoms with Crippen molar-refractivity contribution in [1.29, 1.82) is 0 Å². The molecule has 3 aromatic carbocycles. The molecule has 0 bridgehead atoms. The van der Waals surface area contributed by atoms with Crippen molar-refractivity contribution >= 4 is 50.6 Å². The number of rotatable bonds is 3. The number of nitrogens with zero attached hydrogens (tertiary/aromatic N) is 2. The summed E-state index contributed by atoms with van der Waals surface area (Å²) in [5, 5.41) is 0.873. The molecule has 148 valence electrons. The lowest BCUT2D eigenvalue weighted by atomic mass is 10.2. The number of amides is 2. The minimum atomic E-state index is -4.10. The molecule has 0 atom stereocenters. The van der Waals surface area contributed by atoms with E-state index in [4.69, 9.17) is 23.2 Å². The van der Waals surface area contributed by atoms with Gasteiger partial charge in [-0.1, -0.05) is 59.6 Å². The summed E-state index contributed by atoms with van der Waals surface area (Å²) in [6.07, 6.45) is 0. The van der Waals surface area contributed by atoms with Crippen molar-refractivity contribution in [3.63, 3.8) is 0 Å². The SMILES string of the molecule is Cc1ccc(N2C(=O)N(Cc3ccccc3Cl)c3ccccc3S2(=O)=O)cc1Cl. The van der Waals surface area contributed by atoms with Crippen LogP contribution in [0.1, 0.15) is 11.1 Å². The van der Waals surface area contributed by atoms with E-state index >= 15 is 0 Å². The topological polar surface area (TPSA) is 57.7 Å². The number of halogens is 2. The lowest BCUT2D eigenvalue weighted by Crippen LogP contribution is -2.50. The molecule has 3 aromatic rings. The zero-order valence-electron chi connectivity index (χ0n) is 15.3. The standard InChI is InChI=1S/C21H16Cl2N2O3S/c1-14-10-11-16(12-18(14)23)25-21(26)24(13-15-6-2-3-7-17(15)22)19-8-4-5-9-20(19)29(25,27)28/h2-12H,13H2,1H3. The fourth-order valence-electron chi connectivity index (χ4n) is 3.22. The second-order valence-corrected chi connectivity index (χ2v) is 9.20. The molecule has 4 rings (SSSR count). The Morgan fingerprint density at radius 1 is 0.897 bits per heavy atom. The molecule has 1 aliphatic rings. The van der Waals surface area contributed by atoms with Crippen LogP contribution < -0.4 is 9.21 Å². The van der Waals surface area contributed by atoms with E-state index in [-0.39, 0.29) is 17.1 Å². The maximum Gasteiger partial charge on any atom is 0.343 e. The van der Waals surface area contributed by atoms with E-state index in [1.54, 1.807) is 55.5 Å². The number of sulfonamides is 1. The van der Waals surface area contributed by atoms with Gasteiger partial charge in [0.1, 0.15) is 4.90 Å². The van der Waals surface area contributed by atoms with Crippen LogP contribution in [0.3, 0.4) is 0 Å². The number of urea groups is 1. The number of anilines is 2. The lowest BCUT2D eigenvalue weighted by Gasteiger charge is -2.36. The Morgan fingerprint density at radius 3 is 2.31 bits per heavy atom. The van der Waals surface area contributed by atoms with Crippen molar-refractivity contribution in [1.82, 2.24) is 0 Å². The normalized spacial score (nSPS) is 15.3. The van der Waals surface area contributed by atoms with Gasteiger partial charge in [-0.05, 0) is 48.4 Å². The van der Waals surface area contributed by atoms with Crippen LogP contribution in [0.15, 0.2) is 71.6 Å². The van der Waals surface area contributed by atoms with Gasteiger partial charge < -0.3 is 0 Å². The number of carbonyl (C=O) groups is 1. The fourth-order valence-corrected chi connectivity index (χ4v) is 5.17. The zero-order chi connectivity index (χ0) is 20.8. The molecule has 0 N–H and O–H groups in total. The molecule has 0 fully saturated rings. The second kappa shape index (κ2) is 7.37. The van der Waals surface area contributed by atoms with Crippen molar-refractivity contribution < 1.29 is 13.2 Å². The first-order chi connectivity index (χ1) is 13.8. The third-order valence-electron chi connectivity index (χ3n) is 4.76. The number of hydrogen-bond acceptors (Lipinski definition) is 3. The lowest BCUT2D eigenvalue weighted by molar-refractivity contribution is 0.253. The summed E-state index contributed by atoms with van der Waals surface area (Å²) in [7, 11) is -4.10. The summed E-state index contributed by atoms with van der Waals surface area (Å²) >= 11 is 12.5. The Morgan fingerprint density at radius 2 is 1.59 bits per heavy atom. The highest BCUT2D eigenvalue weighted by molar-refractivity contribution is 7.94. The molecule has 0 saturated heterocycles. The van der Waals surface area contributed by atoms with E-state index < -0.39 is 16.1 Å². The van der Waals surface area contributed by atoms with Crippen molar-refractivity contribution in [3.8, 4) is 0 Å². The van der Waals surface area contributed by atoms with Crippen LogP contribution in [0.25, 0.3) is 0 Å². The minimum absolute atomic E-state index is 0.0448. The molecule has 0 spiro atoms. The van der Waals surface area contributed by atoms with Crippen molar-refractivity contribution in [2.75, 3.05) is 9.21 Å². The first-order valence-corrected chi connectivity index (χ1v) is 11.0. The Labute approximate surface area is 179 Å². The monoisotopic (exact) mass is 446 g/mol. The summed E-state index contributed by atoms with van der Waals surface area (Å²) in [6, 6.07) is 17.6. The Kier molecular flexibility index (Phi) is 5.02. The van der Waals surface area contributed by atoms with Gasteiger partial charge in [-0.15, -0.1) is 0 Å². The van der Waals surface area contributed by atoms with Crippen LogP contribution in [0.5, 0.6) is 0 Å². The predicted molar refractivity (Wildman–Crippen MR) is 115 cm³/mol. The van der Waals surface area contributed by atoms with Gasteiger partial charge in [-0.25, -0.2) is 13.2 Å². The molecule has 5 nitrogen and oxygen atoms in total. The first kappa shape index (κ1) is 19.8. The number of para-hydroxylation sites is 1. The van der Waals surface area contributed by atoms with E-state index in [0.29, 0.717) is 21.3 Å². The highest BCUT2D eigenvalue weighted by Gasteiger charge is 2.42. The van der Waals surface area contributed by atoms with E-state index in [1.807, 2.05) is 6.07 Å². The summed E-state index contributed by atoms with van der Waals surface area (Å²) in [5.74, 6) is 0. The maximum atomic E-state index is 13.4. The summed E-state index contributed by atoms with van der Waals surface area (Å²) < 4.78 is 27.4.